The van der Waals surface area contributed by atoms with E-state index >= 15 is 0 Å². The molecular weight excluding hydrogens is 227 g/mol. The van der Waals surface area contributed by atoms with Gasteiger partial charge in [-0.05, 0) is 6.92 Å². The summed E-state index contributed by atoms with van der Waals surface area (Å²) in [6, 6.07) is 0. The smallest absolute Gasteiger partial charge is 0.430 e. The molecule has 15 heavy (non-hydrogen) atoms. The van der Waals surface area contributed by atoms with Crippen molar-refractivity contribution in [3.05, 3.63) is 0 Å². The summed E-state index contributed by atoms with van der Waals surface area (Å²) in [5.74, 6) is 0. The van der Waals surface area contributed by atoms with Gasteiger partial charge in [0, 0.05) is 7.11 Å². The largest absolute Gasteiger partial charge is 0.508 e. The van der Waals surface area contributed by atoms with E-state index in [1.54, 1.807) is 6.92 Å². The molecule has 1 fully saturated rings. The standard InChI is InChI=1S/C7H13O7P/c1-3-12-15(9,10-2)13-5-6-4-11-7(8)14-6/h6H,3-5H2,1-2H3. The Kier molecular flexibility index (Phi) is 4.53. The van der Waals surface area contributed by atoms with Gasteiger partial charge in [0.1, 0.15) is 6.61 Å². The molecule has 2 unspecified atom stereocenters. The molecule has 0 aromatic carbocycles. The fourth-order valence-electron chi connectivity index (χ4n) is 0.922. The van der Waals surface area contributed by atoms with Gasteiger partial charge in [0.05, 0.1) is 13.2 Å². The molecule has 8 heteroatoms. The summed E-state index contributed by atoms with van der Waals surface area (Å²) in [6.45, 7) is 1.85. The first-order chi connectivity index (χ1) is 7.09. The normalized spacial score (nSPS) is 24.4. The van der Waals surface area contributed by atoms with Crippen LogP contribution in [0.25, 0.3) is 0 Å². The zero-order valence-corrected chi connectivity index (χ0v) is 9.40. The highest BCUT2D eigenvalue weighted by Gasteiger charge is 2.31. The molecule has 0 amide bonds. The average Bonchev–Trinajstić information content (AvgIpc) is 2.62. The predicted molar refractivity (Wildman–Crippen MR) is 48.4 cm³/mol. The van der Waals surface area contributed by atoms with Crippen molar-refractivity contribution in [2.75, 3.05) is 26.9 Å². The lowest BCUT2D eigenvalue weighted by Crippen LogP contribution is -2.17. The van der Waals surface area contributed by atoms with E-state index in [-0.39, 0.29) is 19.8 Å². The SMILES string of the molecule is CCOP(=O)(OC)OCC1COC(=O)O1. The summed E-state index contributed by atoms with van der Waals surface area (Å²) in [7, 11) is -2.30. The Morgan fingerprint density at radius 1 is 1.53 bits per heavy atom. The number of carbonyl (C=O) groups excluding carboxylic acids is 1. The molecule has 0 saturated carbocycles. The number of ether oxygens (including phenoxy) is 2. The van der Waals surface area contributed by atoms with Crippen LogP contribution in [0.1, 0.15) is 6.92 Å². The van der Waals surface area contributed by atoms with Crippen molar-refractivity contribution in [1.82, 2.24) is 0 Å². The van der Waals surface area contributed by atoms with Crippen LogP contribution in [0.3, 0.4) is 0 Å². The van der Waals surface area contributed by atoms with Crippen LogP contribution in [0.15, 0.2) is 0 Å². The number of cyclic esters (lactones) is 2. The van der Waals surface area contributed by atoms with Crippen molar-refractivity contribution in [1.29, 1.82) is 0 Å². The molecule has 1 aliphatic rings. The first kappa shape index (κ1) is 12.4. The zero-order valence-electron chi connectivity index (χ0n) is 8.50. The molecule has 1 heterocycles. The number of hydrogen-bond donors (Lipinski definition) is 0. The second kappa shape index (κ2) is 5.46. The van der Waals surface area contributed by atoms with Gasteiger partial charge in [0.2, 0.25) is 0 Å². The van der Waals surface area contributed by atoms with E-state index in [2.05, 4.69) is 14.0 Å². The molecule has 0 aromatic heterocycles. The van der Waals surface area contributed by atoms with Gasteiger partial charge in [0.15, 0.2) is 6.10 Å². The van der Waals surface area contributed by atoms with Crippen molar-refractivity contribution in [3.8, 4) is 0 Å². The minimum atomic E-state index is -3.52. The highest BCUT2D eigenvalue weighted by molar-refractivity contribution is 7.48. The van der Waals surface area contributed by atoms with E-state index in [0.717, 1.165) is 0 Å². The summed E-state index contributed by atoms with van der Waals surface area (Å²) in [5, 5.41) is 0. The third kappa shape index (κ3) is 3.79. The fourth-order valence-corrected chi connectivity index (χ4v) is 1.87. The maximum atomic E-state index is 11.6. The molecule has 1 rings (SSSR count). The molecule has 88 valence electrons. The Bertz CT molecular complexity index is 266. The maximum Gasteiger partial charge on any atom is 0.508 e. The Balaban J connectivity index is 2.34. The highest BCUT2D eigenvalue weighted by Crippen LogP contribution is 2.48. The Morgan fingerprint density at radius 3 is 2.73 bits per heavy atom. The van der Waals surface area contributed by atoms with Crippen molar-refractivity contribution in [2.45, 2.75) is 13.0 Å². The first-order valence-electron chi connectivity index (χ1n) is 4.38. The van der Waals surface area contributed by atoms with Gasteiger partial charge >= 0.3 is 14.0 Å². The van der Waals surface area contributed by atoms with E-state index < -0.39 is 20.1 Å². The summed E-state index contributed by atoms with van der Waals surface area (Å²) >= 11 is 0. The number of hydrogen-bond acceptors (Lipinski definition) is 7. The van der Waals surface area contributed by atoms with Crippen LogP contribution in [-0.2, 0) is 27.6 Å². The molecule has 0 spiro atoms. The van der Waals surface area contributed by atoms with E-state index in [1.165, 1.54) is 7.11 Å². The number of carbonyl (C=O) groups is 1. The minimum absolute atomic E-state index is 0.0780. The maximum absolute atomic E-state index is 11.6. The summed E-state index contributed by atoms with van der Waals surface area (Å²) in [4.78, 5) is 10.5. The number of phosphoric ester groups is 1. The van der Waals surface area contributed by atoms with Crippen LogP contribution in [-0.4, -0.2) is 39.2 Å². The molecule has 0 aromatic rings. The highest BCUT2D eigenvalue weighted by atomic mass is 31.2. The van der Waals surface area contributed by atoms with Gasteiger partial charge in [-0.1, -0.05) is 0 Å². The quantitative estimate of drug-likeness (QED) is 0.511. The van der Waals surface area contributed by atoms with Crippen molar-refractivity contribution in [3.63, 3.8) is 0 Å². The topological polar surface area (TPSA) is 80.3 Å². The van der Waals surface area contributed by atoms with Crippen LogP contribution in [0.5, 0.6) is 0 Å². The molecule has 0 N–H and O–H groups in total. The number of phosphoric acid groups is 1. The minimum Gasteiger partial charge on any atom is -0.430 e. The molecular formula is C7H13O7P. The molecule has 0 bridgehead atoms. The van der Waals surface area contributed by atoms with Crippen LogP contribution >= 0.6 is 7.82 Å². The Labute approximate surface area is 87.2 Å². The first-order valence-corrected chi connectivity index (χ1v) is 5.84. The van der Waals surface area contributed by atoms with Crippen LogP contribution in [0.4, 0.5) is 4.79 Å². The number of rotatable bonds is 6. The van der Waals surface area contributed by atoms with Crippen molar-refractivity contribution in [2.24, 2.45) is 0 Å². The van der Waals surface area contributed by atoms with Gasteiger partial charge in [-0.3, -0.25) is 13.6 Å². The summed E-state index contributed by atoms with van der Waals surface area (Å²) in [5.41, 5.74) is 0. The van der Waals surface area contributed by atoms with Crippen LogP contribution in [0.2, 0.25) is 0 Å². The summed E-state index contributed by atoms with van der Waals surface area (Å²) in [6.07, 6.45) is -1.33. The Morgan fingerprint density at radius 2 is 2.27 bits per heavy atom. The van der Waals surface area contributed by atoms with Gasteiger partial charge in [-0.2, -0.15) is 0 Å². The average molecular weight is 240 g/mol. The molecule has 1 aliphatic heterocycles. The monoisotopic (exact) mass is 240 g/mol. The van der Waals surface area contributed by atoms with E-state index in [1.807, 2.05) is 0 Å². The molecule has 7 nitrogen and oxygen atoms in total. The molecule has 1 saturated heterocycles. The lowest BCUT2D eigenvalue weighted by Gasteiger charge is -2.15. The predicted octanol–water partition coefficient (Wildman–Crippen LogP) is 1.33. The van der Waals surface area contributed by atoms with Gasteiger partial charge in [-0.15, -0.1) is 0 Å². The third-order valence-corrected chi connectivity index (χ3v) is 3.07. The fraction of sp³-hybridized carbons (Fsp3) is 0.857. The van der Waals surface area contributed by atoms with Crippen molar-refractivity contribution < 1.29 is 32.4 Å². The summed E-state index contributed by atoms with van der Waals surface area (Å²) < 4.78 is 35.0. The molecule has 0 radical (unpaired) electrons. The van der Waals surface area contributed by atoms with Crippen LogP contribution < -0.4 is 0 Å². The third-order valence-electron chi connectivity index (χ3n) is 1.58. The zero-order chi connectivity index (χ0) is 11.3. The second-order valence-corrected chi connectivity index (χ2v) is 4.42. The lowest BCUT2D eigenvalue weighted by atomic mass is 10.4. The van der Waals surface area contributed by atoms with E-state index in [0.29, 0.717) is 0 Å². The van der Waals surface area contributed by atoms with Crippen LogP contribution in [0, 0.1) is 0 Å². The van der Waals surface area contributed by atoms with Gasteiger partial charge in [-0.25, -0.2) is 9.36 Å². The van der Waals surface area contributed by atoms with Crippen molar-refractivity contribution >= 4 is 14.0 Å². The Hall–Kier alpha value is -0.620. The molecule has 0 aliphatic carbocycles. The second-order valence-electron chi connectivity index (χ2n) is 2.64. The van der Waals surface area contributed by atoms with Gasteiger partial charge in [0.25, 0.3) is 0 Å². The lowest BCUT2D eigenvalue weighted by molar-refractivity contribution is 0.0722. The van der Waals surface area contributed by atoms with Gasteiger partial charge < -0.3 is 9.47 Å². The molecule has 2 atom stereocenters. The van der Waals surface area contributed by atoms with E-state index in [4.69, 9.17) is 9.05 Å². The van der Waals surface area contributed by atoms with E-state index in [9.17, 15) is 9.36 Å².